The molecule has 5 aliphatic rings. The van der Waals surface area contributed by atoms with Crippen molar-refractivity contribution in [3.8, 4) is 0 Å². The molecular weight excluding hydrogens is 960 g/mol. The van der Waals surface area contributed by atoms with E-state index in [0.29, 0.717) is 38.6 Å². The van der Waals surface area contributed by atoms with Gasteiger partial charge < -0.3 is 39.9 Å². The molecule has 0 aromatic rings. The monoisotopic (exact) mass is 1040 g/mol. The van der Waals surface area contributed by atoms with Gasteiger partial charge in [0.2, 0.25) is 29.5 Å². The number of hydrogen-bond acceptors (Lipinski definition) is 11. The van der Waals surface area contributed by atoms with Crippen LogP contribution in [0.2, 0.25) is 0 Å². The van der Waals surface area contributed by atoms with E-state index in [1.54, 1.807) is 39.1 Å². The smallest absolute Gasteiger partial charge is 0.308 e. The van der Waals surface area contributed by atoms with Gasteiger partial charge in [-0.25, -0.2) is 4.39 Å². The molecule has 3 fully saturated rings. The molecule has 5 rings (SSSR count). The Bertz CT molecular complexity index is 2080. The SMILES string of the molecule is CC[C@H](C)[C@H](CCN(C)C(=O)C(NC(=O)[C@H](C(C)C)N(C)C(=O)CCCCCN1C(=O)C=CC1=O)C(C)C)[C@@H](CC(=O)N1[C@H]2C[C@H]2C[C@H]1[C@H](OC)C(C)C(=O)NC[C@@H](CC1=CC=CC2SC(F)[C@H]12)C(=O)O)OC. The van der Waals surface area contributed by atoms with Gasteiger partial charge >= 0.3 is 5.97 Å². The second-order valence-corrected chi connectivity index (χ2v) is 23.0. The number of alkyl halides is 1. The predicted octanol–water partition coefficient (Wildman–Crippen LogP) is 5.38. The Hall–Kier alpha value is -4.62. The number of piperidine rings is 1. The van der Waals surface area contributed by atoms with Crippen molar-refractivity contribution >= 4 is 59.1 Å². The number of likely N-dealkylation sites (N-methyl/N-ethyl adjacent to an activating group) is 2. The number of carbonyl (C=O) groups excluding carboxylic acids is 7. The Morgan fingerprint density at radius 3 is 2.21 bits per heavy atom. The summed E-state index contributed by atoms with van der Waals surface area (Å²) < 4.78 is 26.5. The second kappa shape index (κ2) is 26.7. The third-order valence-corrected chi connectivity index (χ3v) is 17.4. The van der Waals surface area contributed by atoms with Gasteiger partial charge in [0, 0.05) is 83.7 Å². The molecule has 408 valence electrons. The summed E-state index contributed by atoms with van der Waals surface area (Å²) >= 11 is 1.22. The number of rotatable bonds is 30. The van der Waals surface area contributed by atoms with E-state index < -0.39 is 53.5 Å². The third-order valence-electron chi connectivity index (χ3n) is 16.1. The highest BCUT2D eigenvalue weighted by Crippen LogP contribution is 2.51. The Balaban J connectivity index is 1.16. The molecule has 0 bridgehead atoms. The molecule has 17 nitrogen and oxygen atoms in total. The van der Waals surface area contributed by atoms with Crippen LogP contribution in [-0.2, 0) is 47.8 Å². The topological polar surface area (TPSA) is 212 Å². The molecule has 2 saturated heterocycles. The molecule has 7 amide bonds. The number of amides is 7. The lowest BCUT2D eigenvalue weighted by Gasteiger charge is -2.41. The first kappa shape index (κ1) is 59.3. The Kier molecular flexibility index (Phi) is 21.7. The van der Waals surface area contributed by atoms with Crippen LogP contribution in [0.4, 0.5) is 4.39 Å². The molecule has 3 aliphatic heterocycles. The van der Waals surface area contributed by atoms with Gasteiger partial charge in [-0.2, -0.15) is 0 Å². The van der Waals surface area contributed by atoms with Crippen LogP contribution >= 0.6 is 11.8 Å². The number of fused-ring (bicyclic) bond motifs is 2. The number of likely N-dealkylation sites (tertiary alicyclic amines) is 1. The van der Waals surface area contributed by atoms with Crippen molar-refractivity contribution in [2.24, 2.45) is 47.3 Å². The number of thioether (sulfide) groups is 1. The summed E-state index contributed by atoms with van der Waals surface area (Å²) in [5, 5.41) is 15.9. The number of carboxylic acid groups (broad SMARTS) is 1. The summed E-state index contributed by atoms with van der Waals surface area (Å²) in [5.74, 6) is -5.45. The number of carbonyl (C=O) groups is 8. The second-order valence-electron chi connectivity index (χ2n) is 21.7. The van der Waals surface area contributed by atoms with Crippen molar-refractivity contribution in [1.29, 1.82) is 0 Å². The number of halogens is 1. The van der Waals surface area contributed by atoms with Crippen molar-refractivity contribution in [3.05, 3.63) is 36.0 Å². The van der Waals surface area contributed by atoms with E-state index in [1.165, 1.54) is 40.8 Å². The number of nitrogens with zero attached hydrogens (tertiary/aromatic N) is 4. The van der Waals surface area contributed by atoms with Crippen molar-refractivity contribution in [1.82, 2.24) is 30.2 Å². The number of aliphatic carboxylic acids is 1. The van der Waals surface area contributed by atoms with E-state index in [4.69, 9.17) is 9.47 Å². The summed E-state index contributed by atoms with van der Waals surface area (Å²) in [6.45, 7) is 13.8. The standard InChI is InChI=1S/C54H83FN6O11S/c1-12-32(6)37(22-24-58(8)53(68)47(30(2)3)57-52(67)48(31(4)5)59(9)42(62)19-14-13-15-23-60-43(63)20-21-44(60)64)40(71-10)28-45(65)61-38-26-35(38)27-39(61)49(72-11)33(7)51(66)56-29-36(54(69)70)25-34-17-16-18-41-46(34)50(55)73-41/h16-18,20-21,30-33,35-41,46-50H,12-15,19,22-29H2,1-11H3,(H,56,66)(H,57,67)(H,69,70)/t32-,33?,35-,36+,37-,38-,39-,40+,41?,46+,47?,48-,49+,50?/m0/s1. The van der Waals surface area contributed by atoms with Gasteiger partial charge in [0.05, 0.1) is 36.5 Å². The van der Waals surface area contributed by atoms with E-state index in [1.807, 2.05) is 44.7 Å². The zero-order valence-electron chi connectivity index (χ0n) is 44.9. The van der Waals surface area contributed by atoms with Crippen LogP contribution in [0.5, 0.6) is 0 Å². The Morgan fingerprint density at radius 2 is 1.62 bits per heavy atom. The normalized spacial score (nSPS) is 25.2. The lowest BCUT2D eigenvalue weighted by molar-refractivity contribution is -0.145. The van der Waals surface area contributed by atoms with E-state index in [0.717, 1.165) is 18.4 Å². The number of ether oxygens (including phenoxy) is 2. The first-order chi connectivity index (χ1) is 34.6. The molecule has 73 heavy (non-hydrogen) atoms. The van der Waals surface area contributed by atoms with Crippen molar-refractivity contribution < 1.29 is 57.3 Å². The molecule has 3 heterocycles. The maximum absolute atomic E-state index is 14.5. The van der Waals surface area contributed by atoms with Crippen LogP contribution in [0.15, 0.2) is 36.0 Å². The number of imide groups is 1. The molecule has 0 spiro atoms. The lowest BCUT2D eigenvalue weighted by Crippen LogP contribution is -2.57. The van der Waals surface area contributed by atoms with Crippen LogP contribution in [0.1, 0.15) is 113 Å². The maximum atomic E-state index is 14.5. The van der Waals surface area contributed by atoms with Gasteiger partial charge in [0.1, 0.15) is 12.1 Å². The highest BCUT2D eigenvalue weighted by Gasteiger charge is 2.57. The van der Waals surface area contributed by atoms with Crippen LogP contribution < -0.4 is 10.6 Å². The molecule has 2 aliphatic carbocycles. The largest absolute Gasteiger partial charge is 0.481 e. The highest BCUT2D eigenvalue weighted by molar-refractivity contribution is 8.02. The van der Waals surface area contributed by atoms with Gasteiger partial charge in [0.25, 0.3) is 11.8 Å². The summed E-state index contributed by atoms with van der Waals surface area (Å²) in [6, 6.07) is -2.08. The van der Waals surface area contributed by atoms with Crippen molar-refractivity contribution in [2.75, 3.05) is 47.9 Å². The molecule has 14 atom stereocenters. The van der Waals surface area contributed by atoms with Gasteiger partial charge in [-0.15, -0.1) is 11.8 Å². The van der Waals surface area contributed by atoms with E-state index >= 15 is 0 Å². The summed E-state index contributed by atoms with van der Waals surface area (Å²) in [7, 11) is 6.41. The number of nitrogens with one attached hydrogen (secondary N) is 2. The van der Waals surface area contributed by atoms with Crippen molar-refractivity contribution in [3.63, 3.8) is 0 Å². The molecule has 4 unspecified atom stereocenters. The molecule has 0 aromatic carbocycles. The van der Waals surface area contributed by atoms with Crippen molar-refractivity contribution in [2.45, 2.75) is 160 Å². The van der Waals surface area contributed by atoms with Crippen LogP contribution in [-0.4, -0.2) is 167 Å². The highest BCUT2D eigenvalue weighted by atomic mass is 32.2. The third kappa shape index (κ3) is 14.6. The fraction of sp³-hybridized carbons (Fsp3) is 0.741. The summed E-state index contributed by atoms with van der Waals surface area (Å²) in [6.07, 6.45) is 11.8. The van der Waals surface area contributed by atoms with E-state index in [9.17, 15) is 47.9 Å². The Morgan fingerprint density at radius 1 is 0.932 bits per heavy atom. The number of unbranched alkanes of at least 4 members (excludes halogenated alkanes) is 2. The summed E-state index contributed by atoms with van der Waals surface area (Å²) in [5.41, 5.74) is -0.346. The number of hydrogen-bond donors (Lipinski definition) is 3. The van der Waals surface area contributed by atoms with Crippen LogP contribution in [0, 0.1) is 47.3 Å². The molecular formula is C54H83FN6O11S. The summed E-state index contributed by atoms with van der Waals surface area (Å²) in [4.78, 5) is 112. The fourth-order valence-corrected chi connectivity index (χ4v) is 12.6. The first-order valence-corrected chi connectivity index (χ1v) is 27.4. The molecule has 0 aromatic heterocycles. The fourth-order valence-electron chi connectivity index (χ4n) is 11.3. The minimum atomic E-state index is -1.08. The number of carboxylic acids is 1. The quantitative estimate of drug-likeness (QED) is 0.0612. The average Bonchev–Trinajstić information content (AvgIpc) is 3.89. The van der Waals surface area contributed by atoms with Crippen LogP contribution in [0.3, 0.4) is 0 Å². The van der Waals surface area contributed by atoms with E-state index in [-0.39, 0.29) is 121 Å². The van der Waals surface area contributed by atoms with E-state index in [2.05, 4.69) is 24.5 Å². The van der Waals surface area contributed by atoms with Gasteiger partial charge in [0.15, 0.2) is 5.50 Å². The van der Waals surface area contributed by atoms with Gasteiger partial charge in [-0.1, -0.05) is 85.1 Å². The lowest BCUT2D eigenvalue weighted by atomic mass is 9.82. The Labute approximate surface area is 436 Å². The minimum Gasteiger partial charge on any atom is -0.481 e. The molecule has 0 radical (unpaired) electrons. The van der Waals surface area contributed by atoms with Gasteiger partial charge in [-0.05, 0) is 68.1 Å². The first-order valence-electron chi connectivity index (χ1n) is 26.4. The number of methoxy groups -OCH3 is 2. The maximum Gasteiger partial charge on any atom is 0.308 e. The number of allylic oxidation sites excluding steroid dienone is 3. The zero-order chi connectivity index (χ0) is 54.0. The minimum absolute atomic E-state index is 0.00390. The zero-order valence-corrected chi connectivity index (χ0v) is 45.7. The van der Waals surface area contributed by atoms with Gasteiger partial charge in [-0.3, -0.25) is 43.3 Å². The molecule has 3 N–H and O–H groups in total. The molecule has 1 saturated carbocycles. The average molecular weight is 1040 g/mol. The van der Waals surface area contributed by atoms with Crippen LogP contribution in [0.25, 0.3) is 0 Å². The molecule has 19 heteroatoms. The predicted molar refractivity (Wildman–Crippen MR) is 276 cm³/mol.